The SMILES string of the molecule is CN(C(=O)c1ccc(C#N)[nH]1)C(CCO)c1ccccc1. The summed E-state index contributed by atoms with van der Waals surface area (Å²) in [5, 5.41) is 18.1. The first-order valence-corrected chi connectivity index (χ1v) is 6.69. The van der Waals surface area contributed by atoms with Crippen molar-refractivity contribution >= 4 is 5.91 Å². The third kappa shape index (κ3) is 3.30. The number of aromatic nitrogens is 1. The molecule has 0 spiro atoms. The quantitative estimate of drug-likeness (QED) is 0.881. The van der Waals surface area contributed by atoms with Crippen molar-refractivity contribution in [1.29, 1.82) is 5.26 Å². The van der Waals surface area contributed by atoms with Crippen molar-refractivity contribution in [3.63, 3.8) is 0 Å². The fraction of sp³-hybridized carbons (Fsp3) is 0.250. The van der Waals surface area contributed by atoms with Gasteiger partial charge in [0.05, 0.1) is 6.04 Å². The molecule has 2 N–H and O–H groups in total. The largest absolute Gasteiger partial charge is 0.396 e. The van der Waals surface area contributed by atoms with E-state index in [9.17, 15) is 9.90 Å². The summed E-state index contributed by atoms with van der Waals surface area (Å²) in [5.74, 6) is -0.209. The van der Waals surface area contributed by atoms with E-state index in [4.69, 9.17) is 5.26 Å². The Balaban J connectivity index is 2.24. The summed E-state index contributed by atoms with van der Waals surface area (Å²) in [5.41, 5.74) is 1.69. The molecule has 108 valence electrons. The number of aromatic amines is 1. The van der Waals surface area contributed by atoms with Crippen molar-refractivity contribution in [2.24, 2.45) is 0 Å². The van der Waals surface area contributed by atoms with Gasteiger partial charge in [0.2, 0.25) is 0 Å². The smallest absolute Gasteiger partial charge is 0.270 e. The predicted octanol–water partition coefficient (Wildman–Crippen LogP) is 2.08. The molecule has 2 aromatic rings. The van der Waals surface area contributed by atoms with E-state index in [0.29, 0.717) is 17.8 Å². The molecule has 1 atom stereocenters. The van der Waals surface area contributed by atoms with E-state index in [1.807, 2.05) is 36.4 Å². The number of benzene rings is 1. The Bertz CT molecular complexity index is 643. The number of amides is 1. The summed E-state index contributed by atoms with van der Waals surface area (Å²) < 4.78 is 0. The van der Waals surface area contributed by atoms with Gasteiger partial charge in [0.1, 0.15) is 17.5 Å². The molecule has 0 saturated heterocycles. The monoisotopic (exact) mass is 283 g/mol. The fourth-order valence-corrected chi connectivity index (χ4v) is 2.30. The first-order chi connectivity index (χ1) is 10.2. The molecule has 21 heavy (non-hydrogen) atoms. The number of nitrogens with zero attached hydrogens (tertiary/aromatic N) is 2. The summed E-state index contributed by atoms with van der Waals surface area (Å²) in [6.45, 7) is -0.00858. The van der Waals surface area contributed by atoms with Crippen LogP contribution in [0.15, 0.2) is 42.5 Å². The van der Waals surface area contributed by atoms with Crippen LogP contribution in [-0.2, 0) is 0 Å². The summed E-state index contributed by atoms with van der Waals surface area (Å²) >= 11 is 0. The van der Waals surface area contributed by atoms with Crippen LogP contribution in [0.25, 0.3) is 0 Å². The van der Waals surface area contributed by atoms with Gasteiger partial charge in [0.25, 0.3) is 5.91 Å². The van der Waals surface area contributed by atoms with Gasteiger partial charge in [-0.05, 0) is 24.1 Å². The second kappa shape index (κ2) is 6.73. The molecule has 1 amide bonds. The summed E-state index contributed by atoms with van der Waals surface area (Å²) in [7, 11) is 1.70. The molecule has 0 aliphatic rings. The van der Waals surface area contributed by atoms with Crippen molar-refractivity contribution < 1.29 is 9.90 Å². The molecule has 0 aliphatic carbocycles. The lowest BCUT2D eigenvalue weighted by Gasteiger charge is -2.28. The molecule has 0 fully saturated rings. The highest BCUT2D eigenvalue weighted by molar-refractivity contribution is 5.92. The van der Waals surface area contributed by atoms with Crippen LogP contribution >= 0.6 is 0 Å². The maximum absolute atomic E-state index is 12.5. The Morgan fingerprint density at radius 3 is 2.62 bits per heavy atom. The number of H-pyrrole nitrogens is 1. The lowest BCUT2D eigenvalue weighted by atomic mass is 10.0. The summed E-state index contributed by atoms with van der Waals surface area (Å²) in [4.78, 5) is 16.8. The molecule has 5 nitrogen and oxygen atoms in total. The second-order valence-corrected chi connectivity index (χ2v) is 4.75. The molecule has 0 saturated carbocycles. The number of aliphatic hydroxyl groups excluding tert-OH is 1. The van der Waals surface area contributed by atoms with Crippen LogP contribution in [0, 0.1) is 11.3 Å². The Hall–Kier alpha value is -2.58. The van der Waals surface area contributed by atoms with E-state index in [-0.39, 0.29) is 18.6 Å². The Morgan fingerprint density at radius 1 is 1.33 bits per heavy atom. The van der Waals surface area contributed by atoms with Crippen molar-refractivity contribution in [3.05, 3.63) is 59.4 Å². The van der Waals surface area contributed by atoms with Crippen LogP contribution in [0.5, 0.6) is 0 Å². The van der Waals surface area contributed by atoms with Gasteiger partial charge in [-0.1, -0.05) is 30.3 Å². The molecule has 0 bridgehead atoms. The maximum Gasteiger partial charge on any atom is 0.270 e. The van der Waals surface area contributed by atoms with E-state index in [1.165, 1.54) is 0 Å². The minimum Gasteiger partial charge on any atom is -0.396 e. The van der Waals surface area contributed by atoms with Crippen molar-refractivity contribution in [2.75, 3.05) is 13.7 Å². The fourth-order valence-electron chi connectivity index (χ4n) is 2.30. The summed E-state index contributed by atoms with van der Waals surface area (Å²) in [6.07, 6.45) is 0.456. The highest BCUT2D eigenvalue weighted by Gasteiger charge is 2.23. The Morgan fingerprint density at radius 2 is 2.05 bits per heavy atom. The molecule has 2 rings (SSSR count). The minimum absolute atomic E-state index is 0.00858. The topological polar surface area (TPSA) is 80.1 Å². The van der Waals surface area contributed by atoms with Gasteiger partial charge >= 0.3 is 0 Å². The second-order valence-electron chi connectivity index (χ2n) is 4.75. The molecule has 0 radical (unpaired) electrons. The number of carbonyl (C=O) groups excluding carboxylic acids is 1. The molecule has 1 aromatic carbocycles. The van der Waals surface area contributed by atoms with E-state index in [2.05, 4.69) is 4.98 Å². The minimum atomic E-state index is -0.211. The number of nitrogens with one attached hydrogen (secondary N) is 1. The van der Waals surface area contributed by atoms with Crippen LogP contribution in [0.3, 0.4) is 0 Å². The third-order valence-corrected chi connectivity index (χ3v) is 3.41. The van der Waals surface area contributed by atoms with Crippen LogP contribution < -0.4 is 0 Å². The van der Waals surface area contributed by atoms with Gasteiger partial charge in [0, 0.05) is 13.7 Å². The lowest BCUT2D eigenvalue weighted by molar-refractivity contribution is 0.0700. The van der Waals surface area contributed by atoms with E-state index in [0.717, 1.165) is 5.56 Å². The number of rotatable bonds is 5. The molecule has 1 heterocycles. The zero-order valence-corrected chi connectivity index (χ0v) is 11.8. The standard InChI is InChI=1S/C16H17N3O2/c1-19(16(21)14-8-7-13(11-17)18-14)15(9-10-20)12-5-3-2-4-6-12/h2-8,15,18,20H,9-10H2,1H3. The normalized spacial score (nSPS) is 11.7. The van der Waals surface area contributed by atoms with Gasteiger partial charge in [0.15, 0.2) is 0 Å². The highest BCUT2D eigenvalue weighted by Crippen LogP contribution is 2.24. The first kappa shape index (κ1) is 14.8. The van der Waals surface area contributed by atoms with Gasteiger partial charge < -0.3 is 15.0 Å². The molecular weight excluding hydrogens is 266 g/mol. The molecule has 5 heteroatoms. The van der Waals surface area contributed by atoms with Gasteiger partial charge in [-0.15, -0.1) is 0 Å². The van der Waals surface area contributed by atoms with Crippen LogP contribution in [0.4, 0.5) is 0 Å². The number of hydrogen-bond acceptors (Lipinski definition) is 3. The van der Waals surface area contributed by atoms with Gasteiger partial charge in [-0.3, -0.25) is 4.79 Å². The van der Waals surface area contributed by atoms with E-state index in [1.54, 1.807) is 24.1 Å². The first-order valence-electron chi connectivity index (χ1n) is 6.69. The third-order valence-electron chi connectivity index (χ3n) is 3.41. The number of nitriles is 1. The van der Waals surface area contributed by atoms with Gasteiger partial charge in [-0.2, -0.15) is 5.26 Å². The van der Waals surface area contributed by atoms with Crippen LogP contribution in [-0.4, -0.2) is 34.6 Å². The molecular formula is C16H17N3O2. The molecule has 1 unspecified atom stereocenters. The van der Waals surface area contributed by atoms with E-state index < -0.39 is 0 Å². The average Bonchev–Trinajstić information content (AvgIpc) is 3.01. The van der Waals surface area contributed by atoms with Crippen molar-refractivity contribution in [3.8, 4) is 6.07 Å². The zero-order chi connectivity index (χ0) is 15.2. The Kier molecular flexibility index (Phi) is 4.75. The zero-order valence-electron chi connectivity index (χ0n) is 11.8. The van der Waals surface area contributed by atoms with Crippen LogP contribution in [0.1, 0.15) is 34.2 Å². The van der Waals surface area contributed by atoms with Crippen molar-refractivity contribution in [2.45, 2.75) is 12.5 Å². The highest BCUT2D eigenvalue weighted by atomic mass is 16.3. The number of hydrogen-bond donors (Lipinski definition) is 2. The summed E-state index contributed by atoms with van der Waals surface area (Å²) in [6, 6.07) is 14.5. The lowest BCUT2D eigenvalue weighted by Crippen LogP contribution is -2.32. The van der Waals surface area contributed by atoms with E-state index >= 15 is 0 Å². The molecule has 1 aromatic heterocycles. The Labute approximate surface area is 123 Å². The molecule has 0 aliphatic heterocycles. The maximum atomic E-state index is 12.5. The van der Waals surface area contributed by atoms with Crippen molar-refractivity contribution in [1.82, 2.24) is 9.88 Å². The predicted molar refractivity (Wildman–Crippen MR) is 78.5 cm³/mol. The van der Waals surface area contributed by atoms with Crippen LogP contribution in [0.2, 0.25) is 0 Å². The number of aliphatic hydroxyl groups is 1. The van der Waals surface area contributed by atoms with Gasteiger partial charge in [-0.25, -0.2) is 0 Å². The average molecular weight is 283 g/mol. The number of carbonyl (C=O) groups is 1.